The maximum absolute atomic E-state index is 13.8. The fourth-order valence-electron chi connectivity index (χ4n) is 2.31. The third kappa shape index (κ3) is 3.31. The number of benzene rings is 1. The summed E-state index contributed by atoms with van der Waals surface area (Å²) >= 11 is 0. The van der Waals surface area contributed by atoms with E-state index in [4.69, 9.17) is 0 Å². The number of rotatable bonds is 3. The Balaban J connectivity index is 2.36. The van der Waals surface area contributed by atoms with Crippen molar-refractivity contribution in [3.8, 4) is 0 Å². The summed E-state index contributed by atoms with van der Waals surface area (Å²) in [6, 6.07) is 1.74. The van der Waals surface area contributed by atoms with Crippen molar-refractivity contribution >= 4 is 5.91 Å². The lowest BCUT2D eigenvalue weighted by molar-refractivity contribution is -0.161. The highest BCUT2D eigenvalue weighted by molar-refractivity contribution is 5.84. The van der Waals surface area contributed by atoms with Gasteiger partial charge in [0.15, 0.2) is 0 Å². The number of nitrogens with zero attached hydrogens (tertiary/aromatic N) is 1. The molecule has 3 nitrogen and oxygen atoms in total. The van der Waals surface area contributed by atoms with Crippen LogP contribution in [0.3, 0.4) is 0 Å². The fraction of sp³-hybridized carbons (Fsp3) is 0.462. The van der Waals surface area contributed by atoms with E-state index in [-0.39, 0.29) is 12.0 Å². The molecule has 0 aromatic heterocycles. The van der Waals surface area contributed by atoms with Gasteiger partial charge in [-0.25, -0.2) is 8.78 Å². The van der Waals surface area contributed by atoms with Crippen molar-refractivity contribution in [1.82, 2.24) is 10.2 Å². The number of halogens is 5. The van der Waals surface area contributed by atoms with Gasteiger partial charge < -0.3 is 4.90 Å². The minimum absolute atomic E-state index is 0.190. The molecular weight excluding hydrogens is 295 g/mol. The van der Waals surface area contributed by atoms with Crippen molar-refractivity contribution < 1.29 is 26.7 Å². The Morgan fingerprint density at radius 2 is 1.95 bits per heavy atom. The quantitative estimate of drug-likeness (QED) is 0.871. The third-order valence-electron chi connectivity index (χ3n) is 3.27. The van der Waals surface area contributed by atoms with Crippen LogP contribution >= 0.6 is 0 Å². The zero-order chi connectivity index (χ0) is 15.8. The van der Waals surface area contributed by atoms with E-state index in [9.17, 15) is 26.7 Å². The Hall–Kier alpha value is -1.70. The molecule has 0 spiro atoms. The summed E-state index contributed by atoms with van der Waals surface area (Å²) in [6.07, 6.45) is -5.59. The summed E-state index contributed by atoms with van der Waals surface area (Å²) in [7, 11) is 0. The molecule has 1 saturated heterocycles. The molecule has 2 atom stereocenters. The summed E-state index contributed by atoms with van der Waals surface area (Å²) in [5.41, 5.74) is -0.190. The molecular formula is C13H13F5N2O. The highest BCUT2D eigenvalue weighted by Gasteiger charge is 2.45. The van der Waals surface area contributed by atoms with Gasteiger partial charge in [-0.05, 0) is 18.6 Å². The normalized spacial score (nSPS) is 23.0. The molecule has 1 N–H and O–H groups in total. The van der Waals surface area contributed by atoms with Gasteiger partial charge in [0, 0.05) is 11.6 Å². The molecule has 1 amide bonds. The Kier molecular flexibility index (Phi) is 4.18. The van der Waals surface area contributed by atoms with Crippen LogP contribution in [-0.2, 0) is 4.79 Å². The van der Waals surface area contributed by atoms with E-state index in [1.807, 2.05) is 0 Å². The molecule has 2 rings (SSSR count). The van der Waals surface area contributed by atoms with Crippen molar-refractivity contribution in [2.75, 3.05) is 6.54 Å². The molecule has 1 aromatic carbocycles. The summed E-state index contributed by atoms with van der Waals surface area (Å²) in [4.78, 5) is 12.5. The van der Waals surface area contributed by atoms with Crippen LogP contribution in [0.1, 0.15) is 25.1 Å². The SMILES string of the molecule is CCC1NC(c2ccc(F)cc2F)N(CC(F)(F)F)C1=O. The molecule has 0 bridgehead atoms. The minimum Gasteiger partial charge on any atom is -0.312 e. The number of alkyl halides is 3. The maximum Gasteiger partial charge on any atom is 0.406 e. The fourth-order valence-corrected chi connectivity index (χ4v) is 2.31. The minimum atomic E-state index is -4.60. The van der Waals surface area contributed by atoms with Gasteiger partial charge in [-0.2, -0.15) is 13.2 Å². The van der Waals surface area contributed by atoms with Gasteiger partial charge in [-0.15, -0.1) is 0 Å². The number of hydrogen-bond donors (Lipinski definition) is 1. The predicted octanol–water partition coefficient (Wildman–Crippen LogP) is 2.74. The van der Waals surface area contributed by atoms with Gasteiger partial charge in [0.25, 0.3) is 0 Å². The third-order valence-corrected chi connectivity index (χ3v) is 3.27. The van der Waals surface area contributed by atoms with Crippen LogP contribution in [0.5, 0.6) is 0 Å². The summed E-state index contributed by atoms with van der Waals surface area (Å²) in [6.45, 7) is 0.140. The Morgan fingerprint density at radius 3 is 2.48 bits per heavy atom. The number of carbonyl (C=O) groups excluding carboxylic acids is 1. The maximum atomic E-state index is 13.8. The van der Waals surface area contributed by atoms with E-state index in [1.165, 1.54) is 0 Å². The second kappa shape index (κ2) is 5.59. The smallest absolute Gasteiger partial charge is 0.312 e. The summed E-state index contributed by atoms with van der Waals surface area (Å²) in [5, 5.41) is 2.65. The second-order valence-electron chi connectivity index (χ2n) is 4.78. The summed E-state index contributed by atoms with van der Waals surface area (Å²) < 4.78 is 64.4. The lowest BCUT2D eigenvalue weighted by Gasteiger charge is -2.25. The van der Waals surface area contributed by atoms with E-state index in [1.54, 1.807) is 6.92 Å². The van der Waals surface area contributed by atoms with Crippen LogP contribution in [0.4, 0.5) is 22.0 Å². The van der Waals surface area contributed by atoms with Crippen LogP contribution in [0, 0.1) is 11.6 Å². The molecule has 2 unspecified atom stereocenters. The molecule has 0 saturated carbocycles. The largest absolute Gasteiger partial charge is 0.406 e. The summed E-state index contributed by atoms with van der Waals surface area (Å²) in [5.74, 6) is -2.58. The van der Waals surface area contributed by atoms with Crippen LogP contribution in [-0.4, -0.2) is 29.6 Å². The highest BCUT2D eigenvalue weighted by Crippen LogP contribution is 2.31. The molecule has 1 aromatic rings. The van der Waals surface area contributed by atoms with Crippen molar-refractivity contribution in [3.05, 3.63) is 35.4 Å². The molecule has 1 fully saturated rings. The average Bonchev–Trinajstić information content (AvgIpc) is 2.65. The number of hydrogen-bond acceptors (Lipinski definition) is 2. The first kappa shape index (κ1) is 15.7. The Labute approximate surface area is 117 Å². The molecule has 1 aliphatic heterocycles. The van der Waals surface area contributed by atoms with Gasteiger partial charge in [-0.3, -0.25) is 10.1 Å². The lowest BCUT2D eigenvalue weighted by Crippen LogP contribution is -2.39. The molecule has 0 radical (unpaired) electrons. The molecule has 8 heteroatoms. The van der Waals surface area contributed by atoms with Crippen molar-refractivity contribution in [1.29, 1.82) is 0 Å². The van der Waals surface area contributed by atoms with Gasteiger partial charge in [0.1, 0.15) is 24.3 Å². The average molecular weight is 308 g/mol. The monoisotopic (exact) mass is 308 g/mol. The highest BCUT2D eigenvalue weighted by atomic mass is 19.4. The molecule has 1 aliphatic rings. The lowest BCUT2D eigenvalue weighted by atomic mass is 10.1. The number of carbonyl (C=O) groups is 1. The predicted molar refractivity (Wildman–Crippen MR) is 64.1 cm³/mol. The first-order chi connectivity index (χ1) is 9.73. The van der Waals surface area contributed by atoms with Gasteiger partial charge in [0.05, 0.1) is 6.04 Å². The van der Waals surface area contributed by atoms with E-state index >= 15 is 0 Å². The second-order valence-corrected chi connectivity index (χ2v) is 4.78. The zero-order valence-electron chi connectivity index (χ0n) is 11.0. The number of nitrogens with one attached hydrogen (secondary N) is 1. The standard InChI is InChI=1S/C13H13F5N2O/c1-2-10-12(21)20(6-13(16,17)18)11(19-10)8-4-3-7(14)5-9(8)15/h3-5,10-11,19H,2,6H2,1H3. The van der Waals surface area contributed by atoms with Gasteiger partial charge in [0.2, 0.25) is 5.91 Å². The van der Waals surface area contributed by atoms with Crippen molar-refractivity contribution in [3.63, 3.8) is 0 Å². The van der Waals surface area contributed by atoms with E-state index in [2.05, 4.69) is 5.32 Å². The topological polar surface area (TPSA) is 32.3 Å². The number of amides is 1. The molecule has 0 aliphatic carbocycles. The first-order valence-electron chi connectivity index (χ1n) is 6.31. The Morgan fingerprint density at radius 1 is 1.29 bits per heavy atom. The van der Waals surface area contributed by atoms with Crippen molar-refractivity contribution in [2.45, 2.75) is 31.7 Å². The van der Waals surface area contributed by atoms with Crippen molar-refractivity contribution in [2.24, 2.45) is 0 Å². The first-order valence-corrected chi connectivity index (χ1v) is 6.31. The molecule has 116 valence electrons. The van der Waals surface area contributed by atoms with Crippen LogP contribution in [0.15, 0.2) is 18.2 Å². The van der Waals surface area contributed by atoms with E-state index in [0.717, 1.165) is 12.1 Å². The van der Waals surface area contributed by atoms with Crippen LogP contribution in [0.2, 0.25) is 0 Å². The van der Waals surface area contributed by atoms with Crippen LogP contribution in [0.25, 0.3) is 0 Å². The Bertz CT molecular complexity index is 546. The molecule has 1 heterocycles. The zero-order valence-corrected chi connectivity index (χ0v) is 11.0. The van der Waals surface area contributed by atoms with E-state index in [0.29, 0.717) is 11.0 Å². The van der Waals surface area contributed by atoms with Gasteiger partial charge >= 0.3 is 6.18 Å². The van der Waals surface area contributed by atoms with Crippen LogP contribution < -0.4 is 5.32 Å². The molecule has 21 heavy (non-hydrogen) atoms. The van der Waals surface area contributed by atoms with E-state index < -0.39 is 42.5 Å². The van der Waals surface area contributed by atoms with Gasteiger partial charge in [-0.1, -0.05) is 6.92 Å².